The van der Waals surface area contributed by atoms with Gasteiger partial charge >= 0.3 is 0 Å². The Morgan fingerprint density at radius 1 is 1.05 bits per heavy atom. The molecule has 1 amide bonds. The normalized spacial score (nSPS) is 11.5. The van der Waals surface area contributed by atoms with E-state index in [-0.39, 0.29) is 11.8 Å². The van der Waals surface area contributed by atoms with Gasteiger partial charge in [-0.05, 0) is 29.7 Å². The Kier molecular flexibility index (Phi) is 5.12. The van der Waals surface area contributed by atoms with Crippen LogP contribution in [0.25, 0.3) is 0 Å². The van der Waals surface area contributed by atoms with Crippen molar-refractivity contribution < 1.29 is 4.79 Å². The van der Waals surface area contributed by atoms with E-state index >= 15 is 0 Å². The van der Waals surface area contributed by atoms with Crippen molar-refractivity contribution in [2.24, 2.45) is 11.0 Å². The van der Waals surface area contributed by atoms with Crippen LogP contribution in [0.4, 0.5) is 0 Å². The van der Waals surface area contributed by atoms with Crippen LogP contribution in [0.15, 0.2) is 59.7 Å². The average molecular weight is 301 g/mol. The van der Waals surface area contributed by atoms with Crippen molar-refractivity contribution in [3.8, 4) is 0 Å². The van der Waals surface area contributed by atoms with Gasteiger partial charge in [0, 0.05) is 10.6 Å². The van der Waals surface area contributed by atoms with Crippen LogP contribution in [-0.4, -0.2) is 11.6 Å². The molecule has 4 heteroatoms. The number of hydrogen-bond acceptors (Lipinski definition) is 2. The van der Waals surface area contributed by atoms with Gasteiger partial charge in [-0.1, -0.05) is 61.8 Å². The summed E-state index contributed by atoms with van der Waals surface area (Å²) in [7, 11) is 0. The van der Waals surface area contributed by atoms with Gasteiger partial charge in [-0.2, -0.15) is 5.10 Å². The molecule has 3 nitrogen and oxygen atoms in total. The molecular formula is C17H17ClN2O. The lowest BCUT2D eigenvalue weighted by Gasteiger charge is -2.10. The van der Waals surface area contributed by atoms with Gasteiger partial charge in [0.15, 0.2) is 0 Å². The van der Waals surface area contributed by atoms with Crippen molar-refractivity contribution in [3.63, 3.8) is 0 Å². The third kappa shape index (κ3) is 4.17. The van der Waals surface area contributed by atoms with Gasteiger partial charge in [0.05, 0.1) is 5.71 Å². The van der Waals surface area contributed by atoms with E-state index in [1.807, 2.05) is 44.2 Å². The summed E-state index contributed by atoms with van der Waals surface area (Å²) in [5.41, 5.74) is 4.92. The van der Waals surface area contributed by atoms with E-state index in [0.717, 1.165) is 11.3 Å². The van der Waals surface area contributed by atoms with Gasteiger partial charge < -0.3 is 0 Å². The first kappa shape index (κ1) is 15.3. The lowest BCUT2D eigenvalue weighted by Crippen LogP contribution is -2.22. The van der Waals surface area contributed by atoms with E-state index in [2.05, 4.69) is 10.5 Å². The number of hydrazone groups is 1. The molecule has 0 fully saturated rings. The first-order valence-corrected chi connectivity index (χ1v) is 7.14. The van der Waals surface area contributed by atoms with Crippen LogP contribution in [0.1, 0.15) is 29.8 Å². The average Bonchev–Trinajstić information content (AvgIpc) is 2.48. The SMILES string of the molecule is CC(C)/C(=N/NC(=O)c1cccc(Cl)c1)c1ccccc1. The summed E-state index contributed by atoms with van der Waals surface area (Å²) in [4.78, 5) is 12.1. The van der Waals surface area contributed by atoms with Crippen LogP contribution in [0.2, 0.25) is 5.02 Å². The lowest BCUT2D eigenvalue weighted by atomic mass is 10.0. The van der Waals surface area contributed by atoms with Crippen molar-refractivity contribution in [1.82, 2.24) is 5.43 Å². The topological polar surface area (TPSA) is 41.5 Å². The minimum absolute atomic E-state index is 0.201. The maximum absolute atomic E-state index is 12.1. The molecule has 2 aromatic rings. The number of carbonyl (C=O) groups excluding carboxylic acids is 1. The minimum atomic E-state index is -0.272. The van der Waals surface area contributed by atoms with Gasteiger partial charge in [0.1, 0.15) is 0 Å². The summed E-state index contributed by atoms with van der Waals surface area (Å²) in [5.74, 6) is -0.0707. The predicted molar refractivity (Wildman–Crippen MR) is 86.7 cm³/mol. The van der Waals surface area contributed by atoms with Crippen LogP contribution in [0.5, 0.6) is 0 Å². The second-order valence-electron chi connectivity index (χ2n) is 4.97. The van der Waals surface area contributed by atoms with Gasteiger partial charge in [-0.25, -0.2) is 5.43 Å². The monoisotopic (exact) mass is 300 g/mol. The Balaban J connectivity index is 2.19. The Morgan fingerprint density at radius 3 is 2.33 bits per heavy atom. The number of halogens is 1. The Hall–Kier alpha value is -2.13. The van der Waals surface area contributed by atoms with Gasteiger partial charge in [-0.15, -0.1) is 0 Å². The number of nitrogens with zero attached hydrogens (tertiary/aromatic N) is 1. The van der Waals surface area contributed by atoms with Crippen LogP contribution >= 0.6 is 11.6 Å². The molecule has 2 aromatic carbocycles. The Labute approximate surface area is 129 Å². The quantitative estimate of drug-likeness (QED) is 0.669. The van der Waals surface area contributed by atoms with Crippen molar-refractivity contribution >= 4 is 23.2 Å². The third-order valence-corrected chi connectivity index (χ3v) is 3.22. The van der Waals surface area contributed by atoms with Crippen molar-refractivity contribution in [3.05, 3.63) is 70.7 Å². The van der Waals surface area contributed by atoms with Gasteiger partial charge in [0.25, 0.3) is 5.91 Å². The molecule has 0 heterocycles. The molecule has 0 atom stereocenters. The minimum Gasteiger partial charge on any atom is -0.267 e. The molecule has 0 aliphatic carbocycles. The zero-order valence-corrected chi connectivity index (χ0v) is 12.8. The summed E-state index contributed by atoms with van der Waals surface area (Å²) >= 11 is 5.88. The molecule has 21 heavy (non-hydrogen) atoms. The molecule has 0 aromatic heterocycles. The second kappa shape index (κ2) is 7.04. The van der Waals surface area contributed by atoms with E-state index in [4.69, 9.17) is 11.6 Å². The number of nitrogens with one attached hydrogen (secondary N) is 1. The highest BCUT2D eigenvalue weighted by molar-refractivity contribution is 6.30. The van der Waals surface area contributed by atoms with E-state index in [1.165, 1.54) is 0 Å². The van der Waals surface area contributed by atoms with Crippen molar-refractivity contribution in [2.75, 3.05) is 0 Å². The molecule has 0 saturated heterocycles. The number of hydrogen-bond donors (Lipinski definition) is 1. The first-order chi connectivity index (χ1) is 10.1. The van der Waals surface area contributed by atoms with Crippen LogP contribution < -0.4 is 5.43 Å². The zero-order valence-electron chi connectivity index (χ0n) is 12.0. The number of amides is 1. The summed E-state index contributed by atoms with van der Waals surface area (Å²) in [6, 6.07) is 16.6. The van der Waals surface area contributed by atoms with E-state index in [1.54, 1.807) is 24.3 Å². The van der Waals surface area contributed by atoms with Crippen LogP contribution in [0, 0.1) is 5.92 Å². The maximum Gasteiger partial charge on any atom is 0.271 e. The zero-order chi connectivity index (χ0) is 15.2. The number of carbonyl (C=O) groups is 1. The standard InChI is InChI=1S/C17H17ClN2O/c1-12(2)16(13-7-4-3-5-8-13)19-20-17(21)14-9-6-10-15(18)11-14/h3-12H,1-2H3,(H,20,21)/b19-16-. The van der Waals surface area contributed by atoms with Crippen molar-refractivity contribution in [1.29, 1.82) is 0 Å². The van der Waals surface area contributed by atoms with E-state index < -0.39 is 0 Å². The number of rotatable bonds is 4. The third-order valence-electron chi connectivity index (χ3n) is 2.98. The maximum atomic E-state index is 12.1. The Bertz CT molecular complexity index is 651. The molecule has 0 aliphatic heterocycles. The molecule has 2 rings (SSSR count). The predicted octanol–water partition coefficient (Wildman–Crippen LogP) is 4.13. The fourth-order valence-corrected chi connectivity index (χ4v) is 2.13. The summed E-state index contributed by atoms with van der Waals surface area (Å²) in [6.07, 6.45) is 0. The highest BCUT2D eigenvalue weighted by atomic mass is 35.5. The largest absolute Gasteiger partial charge is 0.271 e. The fraction of sp³-hybridized carbons (Fsp3) is 0.176. The number of benzene rings is 2. The summed E-state index contributed by atoms with van der Waals surface area (Å²) < 4.78 is 0. The molecule has 0 unspecified atom stereocenters. The molecule has 0 radical (unpaired) electrons. The smallest absolute Gasteiger partial charge is 0.267 e. The van der Waals surface area contributed by atoms with E-state index in [0.29, 0.717) is 10.6 Å². The molecule has 1 N–H and O–H groups in total. The molecule has 0 aliphatic rings. The molecule has 0 bridgehead atoms. The highest BCUT2D eigenvalue weighted by Gasteiger charge is 2.10. The second-order valence-corrected chi connectivity index (χ2v) is 5.41. The molecule has 0 saturated carbocycles. The summed E-state index contributed by atoms with van der Waals surface area (Å²) in [6.45, 7) is 4.08. The van der Waals surface area contributed by atoms with Crippen LogP contribution in [0.3, 0.4) is 0 Å². The van der Waals surface area contributed by atoms with Crippen molar-refractivity contribution in [2.45, 2.75) is 13.8 Å². The van der Waals surface area contributed by atoms with E-state index in [9.17, 15) is 4.79 Å². The molecule has 0 spiro atoms. The highest BCUT2D eigenvalue weighted by Crippen LogP contribution is 2.11. The molecular weight excluding hydrogens is 284 g/mol. The first-order valence-electron chi connectivity index (χ1n) is 6.77. The fourth-order valence-electron chi connectivity index (χ4n) is 1.94. The summed E-state index contributed by atoms with van der Waals surface area (Å²) in [5, 5.41) is 4.80. The lowest BCUT2D eigenvalue weighted by molar-refractivity contribution is 0.0954. The van der Waals surface area contributed by atoms with Gasteiger partial charge in [0.2, 0.25) is 0 Å². The Morgan fingerprint density at radius 2 is 1.71 bits per heavy atom. The van der Waals surface area contributed by atoms with Gasteiger partial charge in [-0.3, -0.25) is 4.79 Å². The molecule has 108 valence electrons. The van der Waals surface area contributed by atoms with Crippen LogP contribution in [-0.2, 0) is 0 Å².